The van der Waals surface area contributed by atoms with Crippen LogP contribution in [0.4, 0.5) is 11.6 Å². The molecule has 2 aromatic heterocycles. The lowest BCUT2D eigenvalue weighted by Crippen LogP contribution is -2.33. The van der Waals surface area contributed by atoms with Gasteiger partial charge in [0.2, 0.25) is 11.4 Å². The number of nitrogens with zero attached hydrogens (tertiary/aromatic N) is 4. The first-order chi connectivity index (χ1) is 19.0. The maximum atomic E-state index is 13.2. The number of pyridine rings is 1. The van der Waals surface area contributed by atoms with E-state index >= 15 is 0 Å². The van der Waals surface area contributed by atoms with Crippen LogP contribution in [0.1, 0.15) is 60.6 Å². The van der Waals surface area contributed by atoms with Crippen LogP contribution in [-0.2, 0) is 11.3 Å². The molecule has 9 nitrogen and oxygen atoms in total. The largest absolute Gasteiger partial charge is 0.324 e. The third kappa shape index (κ3) is 5.55. The van der Waals surface area contributed by atoms with E-state index in [1.807, 2.05) is 36.4 Å². The van der Waals surface area contributed by atoms with Gasteiger partial charge in [-0.1, -0.05) is 44.5 Å². The molecule has 9 heteroatoms. The smallest absolute Gasteiger partial charge is 0.280 e. The van der Waals surface area contributed by atoms with Crippen molar-refractivity contribution >= 4 is 28.6 Å². The Balaban J connectivity index is 1.51. The van der Waals surface area contributed by atoms with E-state index < -0.39 is 11.3 Å². The van der Waals surface area contributed by atoms with Gasteiger partial charge in [-0.3, -0.25) is 19.3 Å². The number of rotatable bonds is 8. The van der Waals surface area contributed by atoms with E-state index in [1.165, 1.54) is 49.9 Å². The van der Waals surface area contributed by atoms with Crippen molar-refractivity contribution in [3.8, 4) is 5.69 Å². The Bertz CT molecular complexity index is 1520. The summed E-state index contributed by atoms with van der Waals surface area (Å²) in [5.74, 6) is -0.277. The van der Waals surface area contributed by atoms with Crippen LogP contribution in [0.15, 0.2) is 65.7 Å². The zero-order chi connectivity index (χ0) is 27.4. The summed E-state index contributed by atoms with van der Waals surface area (Å²) in [6.45, 7) is 6.50. The fraction of sp³-hybridized carbons (Fsp3) is 0.333. The van der Waals surface area contributed by atoms with Crippen molar-refractivity contribution in [1.82, 2.24) is 24.9 Å². The Morgan fingerprint density at radius 2 is 1.85 bits per heavy atom. The third-order valence-corrected chi connectivity index (χ3v) is 7.38. The van der Waals surface area contributed by atoms with Crippen molar-refractivity contribution in [3.05, 3.63) is 87.8 Å². The van der Waals surface area contributed by atoms with Crippen LogP contribution < -0.4 is 16.2 Å². The van der Waals surface area contributed by atoms with E-state index in [1.54, 1.807) is 4.57 Å². The van der Waals surface area contributed by atoms with E-state index in [9.17, 15) is 9.59 Å². The molecule has 1 unspecified atom stereocenters. The highest BCUT2D eigenvalue weighted by atomic mass is 16.6. The van der Waals surface area contributed by atoms with Gasteiger partial charge in [0, 0.05) is 29.8 Å². The summed E-state index contributed by atoms with van der Waals surface area (Å²) in [5.41, 5.74) is 6.22. The molecule has 1 fully saturated rings. The highest BCUT2D eigenvalue weighted by Crippen LogP contribution is 2.31. The summed E-state index contributed by atoms with van der Waals surface area (Å²) < 4.78 is 1.74. The number of amides is 1. The molecule has 4 aromatic rings. The van der Waals surface area contributed by atoms with Crippen LogP contribution in [0.2, 0.25) is 0 Å². The predicted octanol–water partition coefficient (Wildman–Crippen LogP) is 4.92. The number of nitrogens with one attached hydrogen (secondary N) is 2. The van der Waals surface area contributed by atoms with Crippen molar-refractivity contribution in [1.29, 1.82) is 0 Å². The van der Waals surface area contributed by atoms with Gasteiger partial charge in [0.05, 0.1) is 12.5 Å². The molecule has 2 N–H and O–H groups in total. The predicted molar refractivity (Wildman–Crippen MR) is 153 cm³/mol. The van der Waals surface area contributed by atoms with E-state index in [4.69, 9.17) is 9.82 Å². The lowest BCUT2D eigenvalue weighted by atomic mass is 9.95. The van der Waals surface area contributed by atoms with E-state index in [0.717, 1.165) is 30.9 Å². The highest BCUT2D eigenvalue weighted by molar-refractivity contribution is 5.96. The number of hydrogen-bond acceptors (Lipinski definition) is 7. The molecular weight excluding hydrogens is 492 g/mol. The van der Waals surface area contributed by atoms with Crippen molar-refractivity contribution < 1.29 is 9.63 Å². The maximum Gasteiger partial charge on any atom is 0.280 e. The first-order valence-corrected chi connectivity index (χ1v) is 13.5. The number of fused-ring (bicyclic) bond motifs is 1. The summed E-state index contributed by atoms with van der Waals surface area (Å²) >= 11 is 0. The van der Waals surface area contributed by atoms with Gasteiger partial charge in [-0.15, -0.1) is 0 Å². The van der Waals surface area contributed by atoms with Gasteiger partial charge in [0.15, 0.2) is 5.65 Å². The standard InChI is InChI=1S/C30H34N6O3/c1-4-20-9-15-23(16-10-20)36-19-25(29(38)34-39-3)27(37)24-18-31-30(33-28(24)36)32-22-13-11-21(12-14-22)26-8-6-7-17-35(26)5-2/h9-16,18-19,26H,4-8,17H2,1-3H3,(H,34,38)(H,31,32,33). The van der Waals surface area contributed by atoms with Gasteiger partial charge in [0.1, 0.15) is 5.56 Å². The summed E-state index contributed by atoms with van der Waals surface area (Å²) in [5, 5.41) is 3.51. The highest BCUT2D eigenvalue weighted by Gasteiger charge is 2.22. The van der Waals surface area contributed by atoms with Gasteiger partial charge < -0.3 is 9.88 Å². The number of hydrogen-bond donors (Lipinski definition) is 2. The van der Waals surface area contributed by atoms with Crippen molar-refractivity contribution in [2.24, 2.45) is 0 Å². The zero-order valence-corrected chi connectivity index (χ0v) is 22.6. The average molecular weight is 527 g/mol. The average Bonchev–Trinajstić information content (AvgIpc) is 2.98. The molecule has 3 heterocycles. The monoisotopic (exact) mass is 526 g/mol. The summed E-state index contributed by atoms with van der Waals surface area (Å²) in [6, 6.07) is 16.8. The number of piperidine rings is 1. The Kier molecular flexibility index (Phi) is 7.99. The van der Waals surface area contributed by atoms with Gasteiger partial charge >= 0.3 is 0 Å². The minimum absolute atomic E-state index is 0.0624. The molecular formula is C30H34N6O3. The number of aryl methyl sites for hydroxylation is 1. The van der Waals surface area contributed by atoms with Crippen LogP contribution in [-0.4, -0.2) is 45.5 Å². The molecule has 2 aromatic carbocycles. The molecule has 5 rings (SSSR count). The molecule has 39 heavy (non-hydrogen) atoms. The molecule has 0 bridgehead atoms. The lowest BCUT2D eigenvalue weighted by Gasteiger charge is -2.35. The second kappa shape index (κ2) is 11.8. The Labute approximate surface area is 227 Å². The van der Waals surface area contributed by atoms with Gasteiger partial charge in [-0.25, -0.2) is 10.5 Å². The van der Waals surface area contributed by atoms with Crippen LogP contribution in [0.3, 0.4) is 0 Å². The molecule has 0 radical (unpaired) electrons. The van der Waals surface area contributed by atoms with Crippen molar-refractivity contribution in [3.63, 3.8) is 0 Å². The second-order valence-electron chi connectivity index (χ2n) is 9.72. The minimum Gasteiger partial charge on any atom is -0.324 e. The molecule has 0 aliphatic carbocycles. The normalized spacial score (nSPS) is 15.8. The molecule has 0 saturated carbocycles. The number of aromatic nitrogens is 3. The van der Waals surface area contributed by atoms with Gasteiger partial charge in [-0.05, 0) is 67.7 Å². The maximum absolute atomic E-state index is 13.2. The van der Waals surface area contributed by atoms with Crippen LogP contribution in [0.25, 0.3) is 16.7 Å². The SMILES string of the molecule is CCc1ccc(-n2cc(C(=O)NOC)c(=O)c3cnc(Nc4ccc(C5CCCCN5CC)cc4)nc32)cc1. The van der Waals surface area contributed by atoms with Crippen molar-refractivity contribution in [2.75, 3.05) is 25.5 Å². The molecule has 1 aliphatic heterocycles. The number of benzene rings is 2. The topological polar surface area (TPSA) is 101 Å². The van der Waals surface area contributed by atoms with Crippen LogP contribution in [0.5, 0.6) is 0 Å². The molecule has 1 saturated heterocycles. The Hall–Kier alpha value is -4.08. The van der Waals surface area contributed by atoms with E-state index in [0.29, 0.717) is 17.6 Å². The number of hydroxylamine groups is 1. The first-order valence-electron chi connectivity index (χ1n) is 13.5. The number of carbonyl (C=O) groups is 1. The number of anilines is 2. The summed E-state index contributed by atoms with van der Waals surface area (Å²) in [4.78, 5) is 42.2. The fourth-order valence-corrected chi connectivity index (χ4v) is 5.23. The number of carbonyl (C=O) groups excluding carboxylic acids is 1. The minimum atomic E-state index is -0.634. The Morgan fingerprint density at radius 3 is 2.54 bits per heavy atom. The molecule has 0 spiro atoms. The quantitative estimate of drug-likeness (QED) is 0.314. The van der Waals surface area contributed by atoms with Crippen molar-refractivity contribution in [2.45, 2.75) is 45.6 Å². The van der Waals surface area contributed by atoms with Crippen LogP contribution >= 0.6 is 0 Å². The van der Waals surface area contributed by atoms with E-state index in [2.05, 4.69) is 46.7 Å². The molecule has 1 aliphatic rings. The molecule has 202 valence electrons. The zero-order valence-electron chi connectivity index (χ0n) is 22.6. The van der Waals surface area contributed by atoms with Gasteiger partial charge in [-0.2, -0.15) is 4.98 Å². The number of likely N-dealkylation sites (tertiary alicyclic amines) is 1. The lowest BCUT2D eigenvalue weighted by molar-refractivity contribution is 0.0536. The molecule has 1 atom stereocenters. The van der Waals surface area contributed by atoms with Gasteiger partial charge in [0.25, 0.3) is 5.91 Å². The van der Waals surface area contributed by atoms with Crippen LogP contribution in [0, 0.1) is 0 Å². The fourth-order valence-electron chi connectivity index (χ4n) is 5.23. The molecule has 1 amide bonds. The summed E-state index contributed by atoms with van der Waals surface area (Å²) in [6.07, 6.45) is 7.55. The third-order valence-electron chi connectivity index (χ3n) is 7.38. The van der Waals surface area contributed by atoms with E-state index in [-0.39, 0.29) is 10.9 Å². The summed E-state index contributed by atoms with van der Waals surface area (Å²) in [7, 11) is 1.32. The Morgan fingerprint density at radius 1 is 1.08 bits per heavy atom. The second-order valence-corrected chi connectivity index (χ2v) is 9.72. The first kappa shape index (κ1) is 26.5.